The summed E-state index contributed by atoms with van der Waals surface area (Å²) in [5.74, 6) is -0.568. The Morgan fingerprint density at radius 1 is 1.53 bits per heavy atom. The van der Waals surface area contributed by atoms with Crippen LogP contribution in [0.1, 0.15) is 5.56 Å². The topological polar surface area (TPSA) is 89.3 Å². The van der Waals surface area contributed by atoms with Crippen molar-refractivity contribution in [3.05, 3.63) is 41.0 Å². The first-order valence-corrected chi connectivity index (χ1v) is 6.26. The summed E-state index contributed by atoms with van der Waals surface area (Å²) >= 11 is 5.53. The smallest absolute Gasteiger partial charge is 0.349 e. The van der Waals surface area contributed by atoms with Crippen molar-refractivity contribution in [1.29, 1.82) is 0 Å². The van der Waals surface area contributed by atoms with E-state index in [1.165, 1.54) is 18.6 Å². The van der Waals surface area contributed by atoms with Gasteiger partial charge in [0, 0.05) is 13.0 Å². The number of carbonyl (C=O) groups is 1. The highest BCUT2D eigenvalue weighted by Gasteiger charge is 2.16. The Balaban J connectivity index is 2.58. The van der Waals surface area contributed by atoms with Crippen molar-refractivity contribution in [2.24, 2.45) is 5.73 Å². The van der Waals surface area contributed by atoms with Crippen LogP contribution < -0.4 is 10.5 Å². The standard InChI is InChI=1S/C9H9ClFN2O3S/c10-7-5-6(1-2-8(7)11)3-4-13-17(15,16)9(12)14/h1-3,5,13H,4H2,(H2,12,14). The summed E-state index contributed by atoms with van der Waals surface area (Å²) in [5.41, 5.74) is 5.14. The fourth-order valence-corrected chi connectivity index (χ4v) is 1.61. The number of hydrogen-bond donors (Lipinski definition) is 2. The van der Waals surface area contributed by atoms with Crippen molar-refractivity contribution in [2.75, 3.05) is 6.54 Å². The average Bonchev–Trinajstić information content (AvgIpc) is 2.23. The number of carbonyl (C=O) groups excluding carboxylic acids is 1. The van der Waals surface area contributed by atoms with Crippen molar-refractivity contribution >= 4 is 26.9 Å². The Bertz CT molecular complexity index is 533. The van der Waals surface area contributed by atoms with Crippen molar-refractivity contribution < 1.29 is 17.6 Å². The number of amides is 1. The molecule has 0 saturated carbocycles. The summed E-state index contributed by atoms with van der Waals surface area (Å²) in [6.07, 6.45) is 1.42. The molecule has 8 heteroatoms. The number of rotatable bonds is 4. The Hall–Kier alpha value is -1.18. The lowest BCUT2D eigenvalue weighted by atomic mass is 10.1. The minimum Gasteiger partial charge on any atom is -0.355 e. The normalized spacial score (nSPS) is 11.4. The molecule has 1 aromatic carbocycles. The van der Waals surface area contributed by atoms with Crippen LogP contribution in [0.15, 0.2) is 18.2 Å². The minimum absolute atomic E-state index is 0.0727. The lowest BCUT2D eigenvalue weighted by Crippen LogP contribution is -2.35. The van der Waals surface area contributed by atoms with Gasteiger partial charge in [0.2, 0.25) is 0 Å². The van der Waals surface area contributed by atoms with Crippen LogP contribution in [0.25, 0.3) is 0 Å². The molecule has 0 unspecified atom stereocenters. The summed E-state index contributed by atoms with van der Waals surface area (Å²) in [4.78, 5) is 10.4. The molecule has 1 aromatic rings. The van der Waals surface area contributed by atoms with Crippen LogP contribution in [0.4, 0.5) is 9.18 Å². The van der Waals surface area contributed by atoms with Crippen LogP contribution in [-0.2, 0) is 10.0 Å². The maximum atomic E-state index is 12.8. The molecule has 0 aliphatic rings. The van der Waals surface area contributed by atoms with Gasteiger partial charge in [-0.2, -0.15) is 0 Å². The first kappa shape index (κ1) is 13.9. The molecule has 0 spiro atoms. The van der Waals surface area contributed by atoms with Gasteiger partial charge in [0.15, 0.2) is 0 Å². The van der Waals surface area contributed by atoms with Crippen molar-refractivity contribution in [2.45, 2.75) is 0 Å². The molecule has 93 valence electrons. The van der Waals surface area contributed by atoms with Gasteiger partial charge in [-0.05, 0) is 17.7 Å². The third-order valence-electron chi connectivity index (χ3n) is 1.82. The van der Waals surface area contributed by atoms with Crippen LogP contribution >= 0.6 is 11.6 Å². The number of nitrogens with one attached hydrogen (secondary N) is 1. The zero-order valence-corrected chi connectivity index (χ0v) is 10.1. The third-order valence-corrected chi connectivity index (χ3v) is 3.19. The molecule has 0 heterocycles. The number of benzene rings is 1. The third kappa shape index (κ3) is 3.95. The van der Waals surface area contributed by atoms with E-state index in [-0.39, 0.29) is 11.6 Å². The largest absolute Gasteiger partial charge is 0.355 e. The van der Waals surface area contributed by atoms with E-state index in [2.05, 4.69) is 5.73 Å². The van der Waals surface area contributed by atoms with E-state index >= 15 is 0 Å². The van der Waals surface area contributed by atoms with Gasteiger partial charge in [-0.25, -0.2) is 17.5 Å². The Kier molecular flexibility index (Phi) is 4.44. The molecule has 0 bridgehead atoms. The van der Waals surface area contributed by atoms with Gasteiger partial charge in [-0.1, -0.05) is 17.7 Å². The van der Waals surface area contributed by atoms with Crippen molar-refractivity contribution in [3.8, 4) is 0 Å². The lowest BCUT2D eigenvalue weighted by Gasteiger charge is -2.04. The van der Waals surface area contributed by atoms with Crippen LogP contribution in [0.5, 0.6) is 0 Å². The summed E-state index contributed by atoms with van der Waals surface area (Å²) < 4.78 is 36.6. The SMILES string of the molecule is NC(=O)S(=O)(=O)NC[CH]c1ccc(F)c(Cl)c1. The summed E-state index contributed by atoms with van der Waals surface area (Å²) in [5, 5.41) is -1.53. The number of nitrogens with two attached hydrogens (primary N) is 1. The van der Waals surface area contributed by atoms with Gasteiger partial charge in [-0.15, -0.1) is 0 Å². The Morgan fingerprint density at radius 2 is 2.18 bits per heavy atom. The second kappa shape index (κ2) is 5.44. The van der Waals surface area contributed by atoms with E-state index in [1.807, 2.05) is 4.72 Å². The Labute approximate surface area is 103 Å². The van der Waals surface area contributed by atoms with Gasteiger partial charge in [0.1, 0.15) is 5.82 Å². The quantitative estimate of drug-likeness (QED) is 0.862. The average molecular weight is 280 g/mol. The summed E-state index contributed by atoms with van der Waals surface area (Å²) in [6, 6.07) is 3.89. The van der Waals surface area contributed by atoms with Gasteiger partial charge < -0.3 is 5.73 Å². The van der Waals surface area contributed by atoms with Crippen LogP contribution in [-0.4, -0.2) is 20.2 Å². The number of hydrogen-bond acceptors (Lipinski definition) is 3. The molecular formula is C9H9ClFN2O3S. The maximum absolute atomic E-state index is 12.8. The van der Waals surface area contributed by atoms with Crippen LogP contribution in [0, 0.1) is 12.2 Å². The molecule has 0 saturated heterocycles. The van der Waals surface area contributed by atoms with Crippen LogP contribution in [0.3, 0.4) is 0 Å². The molecule has 5 nitrogen and oxygen atoms in total. The summed E-state index contributed by atoms with van der Waals surface area (Å²) in [7, 11) is -4.14. The molecular weight excluding hydrogens is 271 g/mol. The van der Waals surface area contributed by atoms with E-state index in [0.717, 1.165) is 6.07 Å². The molecule has 1 amide bonds. The van der Waals surface area contributed by atoms with Gasteiger partial charge in [-0.3, -0.25) is 4.79 Å². The molecule has 0 aliphatic heterocycles. The van der Waals surface area contributed by atoms with Gasteiger partial charge in [0.05, 0.1) is 5.02 Å². The fourth-order valence-electron chi connectivity index (χ4n) is 0.980. The first-order chi connectivity index (χ1) is 7.83. The molecule has 1 radical (unpaired) electrons. The second-order valence-electron chi connectivity index (χ2n) is 3.05. The predicted molar refractivity (Wildman–Crippen MR) is 61.3 cm³/mol. The van der Waals surface area contributed by atoms with E-state index in [1.54, 1.807) is 0 Å². The monoisotopic (exact) mass is 279 g/mol. The zero-order valence-electron chi connectivity index (χ0n) is 8.48. The Morgan fingerprint density at radius 3 is 2.71 bits per heavy atom. The summed E-state index contributed by atoms with van der Waals surface area (Å²) in [6.45, 7) is -0.146. The van der Waals surface area contributed by atoms with E-state index in [9.17, 15) is 17.6 Å². The highest BCUT2D eigenvalue weighted by molar-refractivity contribution is 8.04. The van der Waals surface area contributed by atoms with Crippen molar-refractivity contribution in [3.63, 3.8) is 0 Å². The number of halogens is 2. The first-order valence-electron chi connectivity index (χ1n) is 4.40. The van der Waals surface area contributed by atoms with Gasteiger partial charge in [0.25, 0.3) is 10.0 Å². The zero-order chi connectivity index (χ0) is 13.1. The van der Waals surface area contributed by atoms with E-state index in [4.69, 9.17) is 11.6 Å². The molecule has 1 rings (SSSR count). The van der Waals surface area contributed by atoms with Crippen LogP contribution in [0.2, 0.25) is 5.02 Å². The fraction of sp³-hybridized carbons (Fsp3) is 0.111. The lowest BCUT2D eigenvalue weighted by molar-refractivity contribution is 0.265. The second-order valence-corrected chi connectivity index (χ2v) is 5.15. The molecule has 0 fully saturated rings. The number of sulfonamides is 1. The maximum Gasteiger partial charge on any atom is 0.349 e. The van der Waals surface area contributed by atoms with Crippen molar-refractivity contribution in [1.82, 2.24) is 4.72 Å². The highest BCUT2D eigenvalue weighted by Crippen LogP contribution is 2.16. The van der Waals surface area contributed by atoms with Gasteiger partial charge >= 0.3 is 5.24 Å². The predicted octanol–water partition coefficient (Wildman–Crippen LogP) is 1.03. The molecule has 0 aromatic heterocycles. The van der Waals surface area contributed by atoms with E-state index < -0.39 is 21.1 Å². The molecule has 0 aliphatic carbocycles. The number of primary amides is 1. The highest BCUT2D eigenvalue weighted by atomic mass is 35.5. The molecule has 3 N–H and O–H groups in total. The minimum atomic E-state index is -4.14. The molecule has 0 atom stereocenters. The van der Waals surface area contributed by atoms with E-state index in [0.29, 0.717) is 5.56 Å². The molecule has 17 heavy (non-hydrogen) atoms.